The van der Waals surface area contributed by atoms with Crippen LogP contribution in [0.25, 0.3) is 54.2 Å². The first-order valence-electron chi connectivity index (χ1n) is 16.8. The Hall–Kier alpha value is -4.39. The molecule has 0 aliphatic heterocycles. The number of aryl methyl sites for hydroxylation is 3. The molecule has 0 heterocycles. The Labute approximate surface area is 328 Å². The van der Waals surface area contributed by atoms with E-state index in [1.54, 1.807) is 0 Å². The minimum absolute atomic E-state index is 0. The Morgan fingerprint density at radius 2 is 0.980 bits per heavy atom. The van der Waals surface area contributed by atoms with E-state index in [0.717, 1.165) is 0 Å². The molecule has 0 nitrogen and oxygen atoms in total. The quantitative estimate of drug-likeness (QED) is 0.173. The predicted octanol–water partition coefficient (Wildman–Crippen LogP) is 6.83. The van der Waals surface area contributed by atoms with Crippen LogP contribution in [0, 0.1) is 20.8 Å². The van der Waals surface area contributed by atoms with Crippen molar-refractivity contribution in [3.8, 4) is 11.1 Å². The Balaban J connectivity index is 0.000000148. The molecule has 0 spiro atoms. The van der Waals surface area contributed by atoms with Gasteiger partial charge in [-0.15, -0.1) is 74.3 Å². The van der Waals surface area contributed by atoms with Crippen molar-refractivity contribution in [1.29, 1.82) is 0 Å². The first-order valence-corrected chi connectivity index (χ1v) is 18.1. The molecule has 0 saturated heterocycles. The Morgan fingerprint density at radius 3 is 1.57 bits per heavy atom. The molecule has 51 heavy (non-hydrogen) atoms. The van der Waals surface area contributed by atoms with E-state index < -0.39 is 0 Å². The van der Waals surface area contributed by atoms with E-state index in [1.165, 1.54) is 109 Å². The number of rotatable bonds is 3. The summed E-state index contributed by atoms with van der Waals surface area (Å²) in [5, 5.41) is 10.7. The maximum absolute atomic E-state index is 2.28. The molecule has 0 amide bonds. The van der Waals surface area contributed by atoms with Gasteiger partial charge in [0.1, 0.15) is 0 Å². The summed E-state index contributed by atoms with van der Waals surface area (Å²) < 4.78 is 1.42. The second-order valence-electron chi connectivity index (χ2n) is 12.8. The Morgan fingerprint density at radius 1 is 0.431 bits per heavy atom. The van der Waals surface area contributed by atoms with E-state index in [1.807, 2.05) is 0 Å². The first kappa shape index (κ1) is 37.9. The van der Waals surface area contributed by atoms with E-state index in [4.69, 9.17) is 0 Å². The van der Waals surface area contributed by atoms with Crippen LogP contribution in [0.1, 0.15) is 27.8 Å². The van der Waals surface area contributed by atoms with Gasteiger partial charge >= 0.3 is 99.2 Å². The number of halogens is 2. The zero-order chi connectivity index (χ0) is 33.7. The van der Waals surface area contributed by atoms with E-state index in [9.17, 15) is 0 Å². The summed E-state index contributed by atoms with van der Waals surface area (Å²) in [7, 11) is 0. The van der Waals surface area contributed by atoms with Crippen LogP contribution in [0.2, 0.25) is 0 Å². The molecule has 3 heteroatoms. The molecular formula is C48H38Cl2Zr-2. The van der Waals surface area contributed by atoms with Gasteiger partial charge in [0.05, 0.1) is 0 Å². The molecule has 9 rings (SSSR count). The van der Waals surface area contributed by atoms with Crippen LogP contribution in [0.15, 0.2) is 176 Å². The van der Waals surface area contributed by atoms with Gasteiger partial charge < -0.3 is 24.8 Å². The zero-order valence-electron chi connectivity index (χ0n) is 29.0. The van der Waals surface area contributed by atoms with Crippen LogP contribution in [-0.4, -0.2) is 3.21 Å². The average Bonchev–Trinajstić information content (AvgIpc) is 3.70. The summed E-state index contributed by atoms with van der Waals surface area (Å²) in [6.45, 7) is 6.44. The topological polar surface area (TPSA) is 0 Å². The molecule has 0 radical (unpaired) electrons. The van der Waals surface area contributed by atoms with Crippen molar-refractivity contribution in [1.82, 2.24) is 0 Å². The molecule has 0 N–H and O–H groups in total. The summed E-state index contributed by atoms with van der Waals surface area (Å²) in [5.74, 6) is 0. The van der Waals surface area contributed by atoms with Crippen molar-refractivity contribution in [2.24, 2.45) is 0 Å². The average molecular weight is 777 g/mol. The van der Waals surface area contributed by atoms with Crippen LogP contribution in [0.5, 0.6) is 0 Å². The molecule has 0 saturated carbocycles. The van der Waals surface area contributed by atoms with Crippen molar-refractivity contribution >= 4 is 46.3 Å². The van der Waals surface area contributed by atoms with E-state index >= 15 is 0 Å². The SMILES string of the molecule is Cc1cc2c(-c3ccc4ccccc4c3)cccc2[cH-]1.Cc1ccc2c(c1)[cH-]c1cc(C)ccc12.[Cl-].[Cl-].[Zr+2]=[C](c1ccccc1)c1ccccc1. The molecule has 250 valence electrons. The molecule has 0 bridgehead atoms. The molecule has 9 aromatic rings. The number of hydrogen-bond acceptors (Lipinski definition) is 0. The van der Waals surface area contributed by atoms with Crippen LogP contribution in [0.3, 0.4) is 0 Å². The van der Waals surface area contributed by atoms with E-state index in [0.29, 0.717) is 0 Å². The maximum atomic E-state index is 2.28. The van der Waals surface area contributed by atoms with Gasteiger partial charge in [-0.2, -0.15) is 6.07 Å². The normalized spacial score (nSPS) is 10.5. The first-order chi connectivity index (χ1) is 23.9. The van der Waals surface area contributed by atoms with Crippen molar-refractivity contribution in [2.45, 2.75) is 20.8 Å². The minimum atomic E-state index is 0. The molecular weight excluding hydrogens is 739 g/mol. The zero-order valence-corrected chi connectivity index (χ0v) is 33.0. The molecule has 0 aromatic heterocycles. The summed E-state index contributed by atoms with van der Waals surface area (Å²) in [5.41, 5.74) is 9.26. The van der Waals surface area contributed by atoms with Crippen molar-refractivity contribution < 1.29 is 49.0 Å². The standard InChI is InChI=1S/C20H15.C15H13.C13H10.2ClH.Zr/c1-14-11-17-7-4-8-19(20(17)12-14)18-10-9-15-5-2-3-6-16(15)13-18;1-10-3-5-14-12(7-10)9-13-8-11(2)4-6-15(13)14;1-3-7-12(8-4-1)11-13-9-5-2-6-10-13;;;/h2-13H,1H3;3-9H,1-2H3;1-10H;2*1H;/q2*-1;;;;+2/p-2. The molecule has 0 aliphatic rings. The van der Waals surface area contributed by atoms with Gasteiger partial charge in [-0.3, -0.25) is 0 Å². The summed E-state index contributed by atoms with van der Waals surface area (Å²) >= 11 is 1.46. The van der Waals surface area contributed by atoms with Crippen molar-refractivity contribution in [2.75, 3.05) is 0 Å². The third-order valence-electron chi connectivity index (χ3n) is 9.10. The summed E-state index contributed by atoms with van der Waals surface area (Å²) in [6, 6.07) is 63.0. The van der Waals surface area contributed by atoms with E-state index in [2.05, 4.69) is 197 Å². The monoisotopic (exact) mass is 774 g/mol. The molecule has 0 aliphatic carbocycles. The van der Waals surface area contributed by atoms with Gasteiger partial charge in [0.2, 0.25) is 0 Å². The van der Waals surface area contributed by atoms with Crippen molar-refractivity contribution in [3.05, 3.63) is 204 Å². The molecule has 0 unspecified atom stereocenters. The molecule has 0 fully saturated rings. The predicted molar refractivity (Wildman–Crippen MR) is 210 cm³/mol. The summed E-state index contributed by atoms with van der Waals surface area (Å²) in [4.78, 5) is 0. The van der Waals surface area contributed by atoms with Crippen LogP contribution >= 0.6 is 0 Å². The second kappa shape index (κ2) is 17.2. The van der Waals surface area contributed by atoms with Crippen molar-refractivity contribution in [3.63, 3.8) is 0 Å². The number of benzene rings is 7. The Bertz CT molecular complexity index is 2440. The van der Waals surface area contributed by atoms with Crippen LogP contribution in [0.4, 0.5) is 0 Å². The van der Waals surface area contributed by atoms with Crippen LogP contribution < -0.4 is 24.8 Å². The van der Waals surface area contributed by atoms with Gasteiger partial charge in [0, 0.05) is 0 Å². The Kier molecular flexibility index (Phi) is 12.8. The molecule has 0 atom stereocenters. The fraction of sp³-hybridized carbons (Fsp3) is 0.0625. The van der Waals surface area contributed by atoms with Gasteiger partial charge in [-0.05, 0) is 36.2 Å². The number of hydrogen-bond donors (Lipinski definition) is 0. The second-order valence-corrected chi connectivity index (χ2v) is 14.1. The summed E-state index contributed by atoms with van der Waals surface area (Å²) in [6.07, 6.45) is 0. The van der Waals surface area contributed by atoms with Gasteiger partial charge in [0.25, 0.3) is 0 Å². The third kappa shape index (κ3) is 8.74. The van der Waals surface area contributed by atoms with Gasteiger partial charge in [-0.1, -0.05) is 90.3 Å². The fourth-order valence-corrected chi connectivity index (χ4v) is 7.45. The fourth-order valence-electron chi connectivity index (χ4n) is 6.63. The van der Waals surface area contributed by atoms with Crippen LogP contribution in [-0.2, 0) is 24.2 Å². The van der Waals surface area contributed by atoms with Gasteiger partial charge in [-0.25, -0.2) is 0 Å². The van der Waals surface area contributed by atoms with E-state index in [-0.39, 0.29) is 24.8 Å². The number of fused-ring (bicyclic) bond motifs is 5. The molecule has 9 aromatic carbocycles. The van der Waals surface area contributed by atoms with Gasteiger partial charge in [0.15, 0.2) is 0 Å². The third-order valence-corrected chi connectivity index (χ3v) is 10.5.